The SMILES string of the molecule is O=C(NCc1ccc2c(c1)OCO2)Nc1ccc(-c2nccs2)cc1. The van der Waals surface area contributed by atoms with Gasteiger partial charge in [-0.25, -0.2) is 9.78 Å². The van der Waals surface area contributed by atoms with Crippen LogP contribution in [0.2, 0.25) is 0 Å². The van der Waals surface area contributed by atoms with Crippen LogP contribution in [0.1, 0.15) is 5.56 Å². The number of urea groups is 1. The van der Waals surface area contributed by atoms with Gasteiger partial charge < -0.3 is 20.1 Å². The maximum Gasteiger partial charge on any atom is 0.319 e. The number of carbonyl (C=O) groups excluding carboxylic acids is 1. The Morgan fingerprint density at radius 2 is 1.96 bits per heavy atom. The number of rotatable bonds is 4. The second-order valence-electron chi connectivity index (χ2n) is 5.41. The predicted octanol–water partition coefficient (Wildman–Crippen LogP) is 3.86. The Morgan fingerprint density at radius 1 is 1.12 bits per heavy atom. The van der Waals surface area contributed by atoms with E-state index in [0.717, 1.165) is 27.6 Å². The molecule has 2 amide bonds. The summed E-state index contributed by atoms with van der Waals surface area (Å²) >= 11 is 1.58. The fourth-order valence-electron chi connectivity index (χ4n) is 2.47. The van der Waals surface area contributed by atoms with Gasteiger partial charge in [-0.05, 0) is 42.0 Å². The molecule has 6 nitrogen and oxygen atoms in total. The van der Waals surface area contributed by atoms with Crippen molar-refractivity contribution < 1.29 is 14.3 Å². The molecular formula is C18H15N3O3S. The Labute approximate surface area is 148 Å². The molecule has 0 radical (unpaired) electrons. The minimum atomic E-state index is -0.264. The van der Waals surface area contributed by atoms with Gasteiger partial charge in [-0.15, -0.1) is 11.3 Å². The van der Waals surface area contributed by atoms with Crippen LogP contribution in [0.5, 0.6) is 11.5 Å². The second-order valence-corrected chi connectivity index (χ2v) is 6.30. The molecule has 126 valence electrons. The van der Waals surface area contributed by atoms with E-state index in [9.17, 15) is 4.79 Å². The highest BCUT2D eigenvalue weighted by Gasteiger charge is 2.13. The molecule has 0 saturated carbocycles. The van der Waals surface area contributed by atoms with Crippen LogP contribution in [0, 0.1) is 0 Å². The largest absolute Gasteiger partial charge is 0.454 e. The second kappa shape index (κ2) is 6.82. The lowest BCUT2D eigenvalue weighted by Gasteiger charge is -2.08. The zero-order chi connectivity index (χ0) is 17.1. The number of anilines is 1. The minimum absolute atomic E-state index is 0.240. The third-order valence-corrected chi connectivity index (χ3v) is 4.53. The van der Waals surface area contributed by atoms with E-state index < -0.39 is 0 Å². The summed E-state index contributed by atoms with van der Waals surface area (Å²) in [7, 11) is 0. The fourth-order valence-corrected chi connectivity index (χ4v) is 3.12. The number of nitrogens with one attached hydrogen (secondary N) is 2. The van der Waals surface area contributed by atoms with Gasteiger partial charge in [-0.3, -0.25) is 0 Å². The smallest absolute Gasteiger partial charge is 0.319 e. The summed E-state index contributed by atoms with van der Waals surface area (Å²) < 4.78 is 10.6. The van der Waals surface area contributed by atoms with Crippen molar-refractivity contribution in [3.63, 3.8) is 0 Å². The van der Waals surface area contributed by atoms with E-state index in [1.54, 1.807) is 17.5 Å². The number of hydrogen-bond acceptors (Lipinski definition) is 5. The van der Waals surface area contributed by atoms with Crippen molar-refractivity contribution in [1.82, 2.24) is 10.3 Å². The van der Waals surface area contributed by atoms with E-state index >= 15 is 0 Å². The molecular weight excluding hydrogens is 338 g/mol. The van der Waals surface area contributed by atoms with Crippen LogP contribution < -0.4 is 20.1 Å². The van der Waals surface area contributed by atoms with Gasteiger partial charge in [0, 0.05) is 29.4 Å². The molecule has 0 bridgehead atoms. The Balaban J connectivity index is 1.33. The molecule has 1 aliphatic heterocycles. The maximum absolute atomic E-state index is 12.0. The van der Waals surface area contributed by atoms with Gasteiger partial charge in [0.05, 0.1) is 0 Å². The van der Waals surface area contributed by atoms with Crippen LogP contribution in [0.3, 0.4) is 0 Å². The Kier molecular flexibility index (Phi) is 4.22. The van der Waals surface area contributed by atoms with Crippen LogP contribution in [0.25, 0.3) is 10.6 Å². The summed E-state index contributed by atoms with van der Waals surface area (Å²) in [5.41, 5.74) is 2.70. The molecule has 25 heavy (non-hydrogen) atoms. The minimum Gasteiger partial charge on any atom is -0.454 e. The van der Waals surface area contributed by atoms with Crippen molar-refractivity contribution in [1.29, 1.82) is 0 Å². The normalized spacial score (nSPS) is 12.0. The number of nitrogens with zero attached hydrogens (tertiary/aromatic N) is 1. The van der Waals surface area contributed by atoms with Gasteiger partial charge in [0.25, 0.3) is 0 Å². The van der Waals surface area contributed by atoms with Gasteiger partial charge >= 0.3 is 6.03 Å². The van der Waals surface area contributed by atoms with Crippen molar-refractivity contribution in [2.75, 3.05) is 12.1 Å². The van der Waals surface area contributed by atoms with Crippen LogP contribution in [-0.4, -0.2) is 17.8 Å². The number of aromatic nitrogens is 1. The summed E-state index contributed by atoms with van der Waals surface area (Å²) in [6.07, 6.45) is 1.77. The topological polar surface area (TPSA) is 72.5 Å². The first-order valence-electron chi connectivity index (χ1n) is 7.71. The molecule has 4 rings (SSSR count). The highest BCUT2D eigenvalue weighted by Crippen LogP contribution is 2.32. The van der Waals surface area contributed by atoms with Crippen molar-refractivity contribution in [3.8, 4) is 22.1 Å². The first-order valence-corrected chi connectivity index (χ1v) is 8.59. The number of ether oxygens (including phenoxy) is 2. The van der Waals surface area contributed by atoms with Crippen molar-refractivity contribution in [2.24, 2.45) is 0 Å². The molecule has 7 heteroatoms. The molecule has 0 aliphatic carbocycles. The summed E-state index contributed by atoms with van der Waals surface area (Å²) in [5, 5.41) is 8.53. The first-order chi connectivity index (χ1) is 12.3. The van der Waals surface area contributed by atoms with Crippen molar-refractivity contribution >= 4 is 23.1 Å². The number of amides is 2. The first kappa shape index (κ1) is 15.5. The summed E-state index contributed by atoms with van der Waals surface area (Å²) in [6.45, 7) is 0.642. The summed E-state index contributed by atoms with van der Waals surface area (Å²) in [5.74, 6) is 1.44. The molecule has 0 atom stereocenters. The lowest BCUT2D eigenvalue weighted by Crippen LogP contribution is -2.28. The van der Waals surface area contributed by atoms with E-state index in [-0.39, 0.29) is 12.8 Å². The third kappa shape index (κ3) is 3.56. The number of thiazole rings is 1. The van der Waals surface area contributed by atoms with E-state index in [4.69, 9.17) is 9.47 Å². The molecule has 0 spiro atoms. The fraction of sp³-hybridized carbons (Fsp3) is 0.111. The molecule has 0 fully saturated rings. The Hall–Kier alpha value is -3.06. The third-order valence-electron chi connectivity index (χ3n) is 3.71. The van der Waals surface area contributed by atoms with Gasteiger partial charge in [0.15, 0.2) is 11.5 Å². The molecule has 2 N–H and O–H groups in total. The molecule has 2 aromatic carbocycles. The lowest BCUT2D eigenvalue weighted by atomic mass is 10.2. The van der Waals surface area contributed by atoms with Crippen LogP contribution in [0.15, 0.2) is 54.0 Å². The average Bonchev–Trinajstić information content (AvgIpc) is 3.32. The lowest BCUT2D eigenvalue weighted by molar-refractivity contribution is 0.174. The van der Waals surface area contributed by atoms with E-state index in [1.165, 1.54) is 0 Å². The van der Waals surface area contributed by atoms with Gasteiger partial charge in [-0.1, -0.05) is 6.07 Å². The number of benzene rings is 2. The molecule has 1 aliphatic rings. The quantitative estimate of drug-likeness (QED) is 0.747. The highest BCUT2D eigenvalue weighted by atomic mass is 32.1. The standard InChI is InChI=1S/C18H15N3O3S/c22-18(20-10-12-1-6-15-16(9-12)24-11-23-15)21-14-4-2-13(3-5-14)17-19-7-8-25-17/h1-9H,10-11H2,(H2,20,21,22). The highest BCUT2D eigenvalue weighted by molar-refractivity contribution is 7.13. The Bertz CT molecular complexity index is 879. The van der Waals surface area contributed by atoms with Crippen LogP contribution in [0.4, 0.5) is 10.5 Å². The molecule has 3 aromatic rings. The molecule has 2 heterocycles. The molecule has 0 saturated heterocycles. The van der Waals surface area contributed by atoms with Crippen LogP contribution in [-0.2, 0) is 6.54 Å². The van der Waals surface area contributed by atoms with E-state index in [2.05, 4.69) is 15.6 Å². The van der Waals surface area contributed by atoms with Crippen molar-refractivity contribution in [3.05, 3.63) is 59.6 Å². The molecule has 0 unspecified atom stereocenters. The average molecular weight is 353 g/mol. The summed E-state index contributed by atoms with van der Waals surface area (Å²) in [6, 6.07) is 12.9. The monoisotopic (exact) mass is 353 g/mol. The number of fused-ring (bicyclic) bond motifs is 1. The van der Waals surface area contributed by atoms with E-state index in [1.807, 2.05) is 47.8 Å². The van der Waals surface area contributed by atoms with Gasteiger partial charge in [0.1, 0.15) is 5.01 Å². The van der Waals surface area contributed by atoms with Gasteiger partial charge in [0.2, 0.25) is 6.79 Å². The van der Waals surface area contributed by atoms with E-state index in [0.29, 0.717) is 12.3 Å². The number of carbonyl (C=O) groups is 1. The molecule has 1 aromatic heterocycles. The zero-order valence-corrected chi connectivity index (χ0v) is 14.0. The Morgan fingerprint density at radius 3 is 2.76 bits per heavy atom. The van der Waals surface area contributed by atoms with Crippen molar-refractivity contribution in [2.45, 2.75) is 6.54 Å². The van der Waals surface area contributed by atoms with Crippen LogP contribution >= 0.6 is 11.3 Å². The number of hydrogen-bond donors (Lipinski definition) is 2. The zero-order valence-electron chi connectivity index (χ0n) is 13.2. The van der Waals surface area contributed by atoms with Gasteiger partial charge in [-0.2, -0.15) is 0 Å². The predicted molar refractivity (Wildman–Crippen MR) is 96.0 cm³/mol. The summed E-state index contributed by atoms with van der Waals surface area (Å²) in [4.78, 5) is 16.3. The maximum atomic E-state index is 12.0.